The van der Waals surface area contributed by atoms with Gasteiger partial charge in [0.15, 0.2) is 17.3 Å². The van der Waals surface area contributed by atoms with E-state index in [1.165, 1.54) is 0 Å². The molecule has 0 fully saturated rings. The van der Waals surface area contributed by atoms with E-state index in [1.807, 2.05) is 55.5 Å². The molecule has 3 nitrogen and oxygen atoms in total. The molecule has 0 aliphatic heterocycles. The lowest BCUT2D eigenvalue weighted by molar-refractivity contribution is 0.104. The predicted octanol–water partition coefficient (Wildman–Crippen LogP) is 5.16. The van der Waals surface area contributed by atoms with Crippen molar-refractivity contribution in [3.63, 3.8) is 0 Å². The van der Waals surface area contributed by atoms with Crippen LogP contribution in [0.2, 0.25) is 0 Å². The summed E-state index contributed by atoms with van der Waals surface area (Å²) in [5, 5.41) is 0. The Morgan fingerprint density at radius 1 is 1.00 bits per heavy atom. The number of allylic oxidation sites excluding steroid dienone is 1. The van der Waals surface area contributed by atoms with Gasteiger partial charge in [0.05, 0.1) is 13.2 Å². The van der Waals surface area contributed by atoms with Gasteiger partial charge in [-0.2, -0.15) is 0 Å². The maximum atomic E-state index is 12.1. The topological polar surface area (TPSA) is 35.5 Å². The number of carbonyl (C=O) groups excluding carboxylic acids is 1. The lowest BCUT2D eigenvalue weighted by Gasteiger charge is -2.12. The van der Waals surface area contributed by atoms with Gasteiger partial charge in [0.1, 0.15) is 0 Å². The summed E-state index contributed by atoms with van der Waals surface area (Å²) < 4.78 is 11.4. The van der Waals surface area contributed by atoms with Crippen LogP contribution in [-0.4, -0.2) is 19.0 Å². The molecule has 0 saturated carbocycles. The molecule has 2 rings (SSSR count). The minimum Gasteiger partial charge on any atom is -0.490 e. The first-order chi connectivity index (χ1) is 11.7. The summed E-state index contributed by atoms with van der Waals surface area (Å²) in [7, 11) is 0. The Morgan fingerprint density at radius 3 is 2.50 bits per heavy atom. The van der Waals surface area contributed by atoms with Crippen molar-refractivity contribution >= 4 is 11.9 Å². The van der Waals surface area contributed by atoms with Crippen molar-refractivity contribution in [2.45, 2.75) is 26.7 Å². The summed E-state index contributed by atoms with van der Waals surface area (Å²) in [5.74, 6) is 1.44. The van der Waals surface area contributed by atoms with Gasteiger partial charge in [-0.05, 0) is 37.1 Å². The smallest absolute Gasteiger partial charge is 0.185 e. The quantitative estimate of drug-likeness (QED) is 0.363. The number of unbranched alkanes of at least 4 members (excludes halogenated alkanes) is 1. The molecule has 2 aromatic rings. The zero-order valence-corrected chi connectivity index (χ0v) is 14.3. The van der Waals surface area contributed by atoms with Gasteiger partial charge in [-0.25, -0.2) is 0 Å². The highest BCUT2D eigenvalue weighted by atomic mass is 16.5. The van der Waals surface area contributed by atoms with Gasteiger partial charge < -0.3 is 9.47 Å². The molecule has 0 N–H and O–H groups in total. The highest BCUT2D eigenvalue weighted by Gasteiger charge is 2.06. The molecule has 24 heavy (non-hydrogen) atoms. The Hall–Kier alpha value is -2.55. The SMILES string of the molecule is CCCCOc1ccc(/C=C/C(=O)c2ccccc2)cc1OCC. The van der Waals surface area contributed by atoms with Crippen molar-refractivity contribution in [3.05, 3.63) is 65.7 Å². The fourth-order valence-corrected chi connectivity index (χ4v) is 2.21. The van der Waals surface area contributed by atoms with Gasteiger partial charge in [0, 0.05) is 5.56 Å². The molecule has 0 aromatic heterocycles. The van der Waals surface area contributed by atoms with E-state index in [0.29, 0.717) is 24.5 Å². The summed E-state index contributed by atoms with van der Waals surface area (Å²) in [6.07, 6.45) is 5.48. The van der Waals surface area contributed by atoms with Crippen LogP contribution in [0.5, 0.6) is 11.5 Å². The van der Waals surface area contributed by atoms with Crippen LogP contribution in [0.15, 0.2) is 54.6 Å². The van der Waals surface area contributed by atoms with Crippen molar-refractivity contribution in [2.24, 2.45) is 0 Å². The molecule has 0 radical (unpaired) electrons. The zero-order chi connectivity index (χ0) is 17.2. The Morgan fingerprint density at radius 2 is 1.79 bits per heavy atom. The highest BCUT2D eigenvalue weighted by Crippen LogP contribution is 2.29. The van der Waals surface area contributed by atoms with E-state index in [0.717, 1.165) is 24.2 Å². The van der Waals surface area contributed by atoms with Gasteiger partial charge in [0.25, 0.3) is 0 Å². The van der Waals surface area contributed by atoms with Gasteiger partial charge in [-0.3, -0.25) is 4.79 Å². The summed E-state index contributed by atoms with van der Waals surface area (Å²) in [6.45, 7) is 5.32. The standard InChI is InChI=1S/C21H24O3/c1-3-5-15-24-20-14-12-17(16-21(20)23-4-2)11-13-19(22)18-9-7-6-8-10-18/h6-14,16H,3-5,15H2,1-2H3/b13-11+. The molecular formula is C21H24O3. The van der Waals surface area contributed by atoms with Crippen LogP contribution < -0.4 is 9.47 Å². The van der Waals surface area contributed by atoms with E-state index >= 15 is 0 Å². The average Bonchev–Trinajstić information content (AvgIpc) is 2.62. The van der Waals surface area contributed by atoms with Crippen molar-refractivity contribution in [2.75, 3.05) is 13.2 Å². The molecule has 0 aliphatic rings. The third kappa shape index (κ3) is 5.27. The van der Waals surface area contributed by atoms with Crippen LogP contribution >= 0.6 is 0 Å². The number of ether oxygens (including phenoxy) is 2. The normalized spacial score (nSPS) is 10.8. The number of rotatable bonds is 9. The van der Waals surface area contributed by atoms with E-state index in [-0.39, 0.29) is 5.78 Å². The van der Waals surface area contributed by atoms with Crippen molar-refractivity contribution in [1.29, 1.82) is 0 Å². The molecular weight excluding hydrogens is 300 g/mol. The van der Waals surface area contributed by atoms with Gasteiger partial charge in [-0.1, -0.05) is 55.8 Å². The second-order valence-electron chi connectivity index (χ2n) is 5.40. The molecule has 0 aliphatic carbocycles. The van der Waals surface area contributed by atoms with Gasteiger partial charge in [0.2, 0.25) is 0 Å². The fraction of sp³-hybridized carbons (Fsp3) is 0.286. The Balaban J connectivity index is 2.11. The zero-order valence-electron chi connectivity index (χ0n) is 14.3. The minimum atomic E-state index is -0.0168. The van der Waals surface area contributed by atoms with Gasteiger partial charge in [-0.15, -0.1) is 0 Å². The lowest BCUT2D eigenvalue weighted by Crippen LogP contribution is -2.01. The summed E-state index contributed by atoms with van der Waals surface area (Å²) in [5.41, 5.74) is 1.59. The first kappa shape index (κ1) is 17.8. The van der Waals surface area contributed by atoms with Crippen LogP contribution in [-0.2, 0) is 0 Å². The maximum Gasteiger partial charge on any atom is 0.185 e. The van der Waals surface area contributed by atoms with Crippen molar-refractivity contribution in [3.8, 4) is 11.5 Å². The number of benzene rings is 2. The number of hydrogen-bond donors (Lipinski definition) is 0. The molecule has 2 aromatic carbocycles. The molecule has 0 heterocycles. The van der Waals surface area contributed by atoms with Crippen LogP contribution in [0, 0.1) is 0 Å². The average molecular weight is 324 g/mol. The summed E-state index contributed by atoms with van der Waals surface area (Å²) in [4.78, 5) is 12.1. The largest absolute Gasteiger partial charge is 0.490 e. The molecule has 0 saturated heterocycles. The Bertz CT molecular complexity index is 675. The fourth-order valence-electron chi connectivity index (χ4n) is 2.21. The molecule has 3 heteroatoms. The lowest BCUT2D eigenvalue weighted by atomic mass is 10.1. The monoisotopic (exact) mass is 324 g/mol. The summed E-state index contributed by atoms with van der Waals surface area (Å²) in [6, 6.07) is 15.0. The van der Waals surface area contributed by atoms with E-state index in [9.17, 15) is 4.79 Å². The maximum absolute atomic E-state index is 12.1. The van der Waals surface area contributed by atoms with Crippen LogP contribution in [0.1, 0.15) is 42.6 Å². The first-order valence-electron chi connectivity index (χ1n) is 8.41. The van der Waals surface area contributed by atoms with E-state index in [2.05, 4.69) is 6.92 Å². The molecule has 0 spiro atoms. The minimum absolute atomic E-state index is 0.0168. The number of hydrogen-bond acceptors (Lipinski definition) is 3. The van der Waals surface area contributed by atoms with E-state index in [1.54, 1.807) is 12.2 Å². The second kappa shape index (κ2) is 9.56. The van der Waals surface area contributed by atoms with E-state index < -0.39 is 0 Å². The first-order valence-corrected chi connectivity index (χ1v) is 8.41. The van der Waals surface area contributed by atoms with Crippen molar-refractivity contribution < 1.29 is 14.3 Å². The molecule has 126 valence electrons. The second-order valence-corrected chi connectivity index (χ2v) is 5.40. The molecule has 0 unspecified atom stereocenters. The third-order valence-corrected chi connectivity index (χ3v) is 3.51. The highest BCUT2D eigenvalue weighted by molar-refractivity contribution is 6.06. The van der Waals surface area contributed by atoms with Crippen LogP contribution in [0.25, 0.3) is 6.08 Å². The molecule has 0 bridgehead atoms. The van der Waals surface area contributed by atoms with E-state index in [4.69, 9.17) is 9.47 Å². The molecule has 0 amide bonds. The summed E-state index contributed by atoms with van der Waals surface area (Å²) >= 11 is 0. The van der Waals surface area contributed by atoms with Gasteiger partial charge >= 0.3 is 0 Å². The number of ketones is 1. The Labute approximate surface area is 143 Å². The van der Waals surface area contributed by atoms with Crippen LogP contribution in [0.4, 0.5) is 0 Å². The Kier molecular flexibility index (Phi) is 7.09. The molecule has 0 atom stereocenters. The van der Waals surface area contributed by atoms with Crippen molar-refractivity contribution in [1.82, 2.24) is 0 Å². The predicted molar refractivity (Wildman–Crippen MR) is 97.8 cm³/mol. The third-order valence-electron chi connectivity index (χ3n) is 3.51. The van der Waals surface area contributed by atoms with Crippen LogP contribution in [0.3, 0.4) is 0 Å². The number of carbonyl (C=O) groups is 1.